The van der Waals surface area contributed by atoms with Gasteiger partial charge in [0.15, 0.2) is 0 Å². The van der Waals surface area contributed by atoms with Crippen LogP contribution in [0.5, 0.6) is 5.88 Å². The van der Waals surface area contributed by atoms with Gasteiger partial charge in [-0.15, -0.1) is 0 Å². The lowest BCUT2D eigenvalue weighted by atomic mass is 10.4. The third-order valence-corrected chi connectivity index (χ3v) is 2.78. The van der Waals surface area contributed by atoms with Gasteiger partial charge in [0.05, 0.1) is 33.1 Å². The van der Waals surface area contributed by atoms with Gasteiger partial charge in [0.2, 0.25) is 11.2 Å². The lowest BCUT2D eigenvalue weighted by Crippen LogP contribution is -2.09. The van der Waals surface area contributed by atoms with Gasteiger partial charge in [0, 0.05) is 5.33 Å². The first-order valence-corrected chi connectivity index (χ1v) is 6.83. The van der Waals surface area contributed by atoms with E-state index in [-0.39, 0.29) is 5.28 Å². The molecule has 0 amide bonds. The molecule has 0 saturated carbocycles. The van der Waals surface area contributed by atoms with Crippen LogP contribution in [0.1, 0.15) is 0 Å². The molecule has 18 heavy (non-hydrogen) atoms. The van der Waals surface area contributed by atoms with E-state index < -0.39 is 0 Å². The molecule has 0 fully saturated rings. The minimum Gasteiger partial charge on any atom is -0.479 e. The van der Waals surface area contributed by atoms with Crippen molar-refractivity contribution in [3.63, 3.8) is 0 Å². The third kappa shape index (κ3) is 2.90. The number of hydrogen-bond acceptors (Lipinski definition) is 5. The molecular weight excluding hydrogens is 323 g/mol. The van der Waals surface area contributed by atoms with E-state index in [1.54, 1.807) is 10.9 Å². The van der Waals surface area contributed by atoms with Crippen LogP contribution in [0.15, 0.2) is 6.20 Å². The monoisotopic (exact) mass is 334 g/mol. The molecule has 0 spiro atoms. The van der Waals surface area contributed by atoms with Crippen LogP contribution in [-0.4, -0.2) is 45.4 Å². The first kappa shape index (κ1) is 13.5. The Bertz CT molecular complexity index is 534. The molecule has 2 aromatic heterocycles. The van der Waals surface area contributed by atoms with Crippen LogP contribution in [0.3, 0.4) is 0 Å². The van der Waals surface area contributed by atoms with Gasteiger partial charge < -0.3 is 9.47 Å². The average Bonchev–Trinajstić information content (AvgIpc) is 2.76. The number of alkyl halides is 1. The minimum absolute atomic E-state index is 0.148. The molecule has 0 atom stereocenters. The van der Waals surface area contributed by atoms with Crippen LogP contribution in [-0.2, 0) is 11.3 Å². The van der Waals surface area contributed by atoms with Gasteiger partial charge in [-0.05, 0) is 11.6 Å². The van der Waals surface area contributed by atoms with Crippen molar-refractivity contribution in [2.24, 2.45) is 0 Å². The molecule has 0 aliphatic heterocycles. The van der Waals surface area contributed by atoms with Crippen molar-refractivity contribution in [2.45, 2.75) is 6.54 Å². The van der Waals surface area contributed by atoms with Crippen molar-refractivity contribution in [2.75, 3.05) is 25.7 Å². The van der Waals surface area contributed by atoms with Gasteiger partial charge in [0.1, 0.15) is 11.0 Å². The molecule has 2 rings (SSSR count). The van der Waals surface area contributed by atoms with Crippen molar-refractivity contribution in [3.05, 3.63) is 11.5 Å². The number of hydrogen-bond donors (Lipinski definition) is 0. The maximum Gasteiger partial charge on any atom is 0.244 e. The molecule has 2 heterocycles. The molecule has 0 unspecified atom stereocenters. The highest BCUT2D eigenvalue weighted by Crippen LogP contribution is 2.23. The van der Waals surface area contributed by atoms with Crippen molar-refractivity contribution in [3.8, 4) is 5.88 Å². The van der Waals surface area contributed by atoms with Crippen molar-refractivity contribution in [1.82, 2.24) is 19.7 Å². The number of rotatable bonds is 6. The maximum atomic E-state index is 5.79. The molecule has 0 bridgehead atoms. The summed E-state index contributed by atoms with van der Waals surface area (Å²) < 4.78 is 12.3. The summed E-state index contributed by atoms with van der Waals surface area (Å²) in [6.07, 6.45) is 1.63. The first-order valence-electron chi connectivity index (χ1n) is 5.33. The Morgan fingerprint density at radius 2 is 2.22 bits per heavy atom. The Morgan fingerprint density at radius 1 is 1.39 bits per heavy atom. The zero-order valence-corrected chi connectivity index (χ0v) is 12.1. The van der Waals surface area contributed by atoms with E-state index in [9.17, 15) is 0 Å². The Hall–Kier alpha value is -0.920. The molecule has 0 N–H and O–H groups in total. The molecule has 0 radical (unpaired) electrons. The van der Waals surface area contributed by atoms with Gasteiger partial charge in [-0.3, -0.25) is 4.68 Å². The second-order valence-corrected chi connectivity index (χ2v) is 4.54. The minimum atomic E-state index is 0.148. The Kier molecular flexibility index (Phi) is 4.73. The lowest BCUT2D eigenvalue weighted by molar-refractivity contribution is 0.140. The summed E-state index contributed by atoms with van der Waals surface area (Å²) >= 11 is 9.09. The Balaban J connectivity index is 2.23. The summed E-state index contributed by atoms with van der Waals surface area (Å²) in [7, 11) is 1.54. The number of methoxy groups -OCH3 is 1. The number of ether oxygens (including phenoxy) is 2. The molecule has 2 aromatic rings. The number of aromatic nitrogens is 4. The average molecular weight is 336 g/mol. The highest BCUT2D eigenvalue weighted by molar-refractivity contribution is 9.09. The second kappa shape index (κ2) is 6.31. The standard InChI is InChI=1S/C10H12BrClN4O2/c1-17-9-8-7(14-10(12)15-9)6-13-16(8)3-5-18-4-2-11/h6H,2-5H2,1H3. The zero-order valence-electron chi connectivity index (χ0n) is 9.77. The van der Waals surface area contributed by atoms with Crippen molar-refractivity contribution >= 4 is 38.6 Å². The van der Waals surface area contributed by atoms with Crippen LogP contribution in [0, 0.1) is 0 Å². The fourth-order valence-corrected chi connectivity index (χ4v) is 1.95. The molecule has 0 aliphatic rings. The van der Waals surface area contributed by atoms with Crippen LogP contribution >= 0.6 is 27.5 Å². The summed E-state index contributed by atoms with van der Waals surface area (Å²) in [5.74, 6) is 0.419. The largest absolute Gasteiger partial charge is 0.479 e. The molecule has 8 heteroatoms. The molecular formula is C10H12BrClN4O2. The van der Waals surface area contributed by atoms with E-state index in [4.69, 9.17) is 21.1 Å². The van der Waals surface area contributed by atoms with E-state index in [0.717, 1.165) is 10.8 Å². The molecule has 0 aromatic carbocycles. The fourth-order valence-electron chi connectivity index (χ4n) is 1.56. The normalized spacial score (nSPS) is 11.1. The summed E-state index contributed by atoms with van der Waals surface area (Å²) in [6.45, 7) is 1.84. The SMILES string of the molecule is COc1nc(Cl)nc2cnn(CCOCCBr)c12. The third-order valence-electron chi connectivity index (χ3n) is 2.29. The first-order chi connectivity index (χ1) is 8.76. The van der Waals surface area contributed by atoms with E-state index in [1.165, 1.54) is 7.11 Å². The molecule has 0 saturated heterocycles. The molecule has 98 valence electrons. The van der Waals surface area contributed by atoms with Crippen molar-refractivity contribution < 1.29 is 9.47 Å². The summed E-state index contributed by atoms with van der Waals surface area (Å²) in [5.41, 5.74) is 1.39. The summed E-state index contributed by atoms with van der Waals surface area (Å²) in [5, 5.41) is 5.19. The highest BCUT2D eigenvalue weighted by Gasteiger charge is 2.13. The fraction of sp³-hybridized carbons (Fsp3) is 0.500. The van der Waals surface area contributed by atoms with E-state index >= 15 is 0 Å². The Labute approximate surface area is 117 Å². The quantitative estimate of drug-likeness (QED) is 0.458. The summed E-state index contributed by atoms with van der Waals surface area (Å²) in [6, 6.07) is 0. The van der Waals surface area contributed by atoms with Crippen LogP contribution < -0.4 is 4.74 Å². The van der Waals surface area contributed by atoms with E-state index in [1.807, 2.05) is 0 Å². The number of fused-ring (bicyclic) bond motifs is 1. The molecule has 6 nitrogen and oxygen atoms in total. The Morgan fingerprint density at radius 3 is 2.94 bits per heavy atom. The lowest BCUT2D eigenvalue weighted by Gasteiger charge is -2.06. The van der Waals surface area contributed by atoms with Crippen molar-refractivity contribution in [1.29, 1.82) is 0 Å². The second-order valence-electron chi connectivity index (χ2n) is 3.40. The topological polar surface area (TPSA) is 62.1 Å². The van der Waals surface area contributed by atoms with Crippen LogP contribution in [0.2, 0.25) is 5.28 Å². The van der Waals surface area contributed by atoms with Crippen LogP contribution in [0.25, 0.3) is 11.0 Å². The van der Waals surface area contributed by atoms with Gasteiger partial charge in [-0.2, -0.15) is 10.1 Å². The number of halogens is 2. The zero-order chi connectivity index (χ0) is 13.0. The highest BCUT2D eigenvalue weighted by atomic mass is 79.9. The van der Waals surface area contributed by atoms with E-state index in [2.05, 4.69) is 31.0 Å². The molecule has 0 aliphatic carbocycles. The smallest absolute Gasteiger partial charge is 0.244 e. The maximum absolute atomic E-state index is 5.79. The van der Waals surface area contributed by atoms with Gasteiger partial charge >= 0.3 is 0 Å². The predicted octanol–water partition coefficient (Wildman–Crippen LogP) is 1.90. The van der Waals surface area contributed by atoms with E-state index in [0.29, 0.717) is 31.2 Å². The number of nitrogens with zero attached hydrogens (tertiary/aromatic N) is 4. The predicted molar refractivity (Wildman–Crippen MR) is 71.5 cm³/mol. The van der Waals surface area contributed by atoms with Crippen LogP contribution in [0.4, 0.5) is 0 Å². The van der Waals surface area contributed by atoms with Gasteiger partial charge in [-0.1, -0.05) is 15.9 Å². The van der Waals surface area contributed by atoms with Gasteiger partial charge in [-0.25, -0.2) is 4.98 Å². The summed E-state index contributed by atoms with van der Waals surface area (Å²) in [4.78, 5) is 8.11. The van der Waals surface area contributed by atoms with Gasteiger partial charge in [0.25, 0.3) is 0 Å².